The number of carbonyl (C=O) groups is 1. The minimum Gasteiger partial charge on any atom is -0.289 e. The van der Waals surface area contributed by atoms with Crippen molar-refractivity contribution in [3.63, 3.8) is 0 Å². The fraction of sp³-hybridized carbons (Fsp3) is 0. The third kappa shape index (κ3) is 3.10. The summed E-state index contributed by atoms with van der Waals surface area (Å²) < 4.78 is 25.6. The van der Waals surface area contributed by atoms with Crippen LogP contribution in [0.2, 0.25) is 0 Å². The Hall–Kier alpha value is -2.29. The number of ketones is 1. The van der Waals surface area contributed by atoms with Crippen LogP contribution in [0.25, 0.3) is 6.08 Å². The van der Waals surface area contributed by atoms with Crippen LogP contribution in [0.5, 0.6) is 0 Å². The number of halogens is 2. The molecule has 0 saturated carbocycles. The fourth-order valence-electron chi connectivity index (χ4n) is 1.48. The maximum Gasteiger partial charge on any atom is 0.185 e. The highest BCUT2D eigenvalue weighted by Gasteiger charge is 2.02. The van der Waals surface area contributed by atoms with Gasteiger partial charge in [-0.05, 0) is 35.9 Å². The van der Waals surface area contributed by atoms with Crippen LogP contribution in [0, 0.1) is 11.6 Å². The van der Waals surface area contributed by atoms with Crippen molar-refractivity contribution in [2.45, 2.75) is 0 Å². The summed E-state index contributed by atoms with van der Waals surface area (Å²) in [6.45, 7) is 0. The first-order valence-corrected chi connectivity index (χ1v) is 5.39. The highest BCUT2D eigenvalue weighted by Crippen LogP contribution is 2.08. The first-order chi connectivity index (χ1) is 8.65. The van der Waals surface area contributed by atoms with Gasteiger partial charge in [-0.3, -0.25) is 4.79 Å². The van der Waals surface area contributed by atoms with Crippen LogP contribution < -0.4 is 0 Å². The summed E-state index contributed by atoms with van der Waals surface area (Å²) in [4.78, 5) is 11.7. The average molecular weight is 244 g/mol. The molecule has 0 aliphatic carbocycles. The lowest BCUT2D eigenvalue weighted by Crippen LogP contribution is -1.94. The molecule has 0 aliphatic rings. The molecule has 1 nitrogen and oxygen atoms in total. The molecular formula is C15H10F2O. The Morgan fingerprint density at radius 3 is 2.33 bits per heavy atom. The van der Waals surface area contributed by atoms with Crippen molar-refractivity contribution in [3.8, 4) is 0 Å². The Balaban J connectivity index is 2.14. The van der Waals surface area contributed by atoms with Crippen LogP contribution in [0.4, 0.5) is 8.78 Å². The van der Waals surface area contributed by atoms with Gasteiger partial charge in [-0.2, -0.15) is 0 Å². The van der Waals surface area contributed by atoms with Crippen molar-refractivity contribution < 1.29 is 13.6 Å². The molecular weight excluding hydrogens is 234 g/mol. The quantitative estimate of drug-likeness (QED) is 0.592. The Kier molecular flexibility index (Phi) is 3.63. The summed E-state index contributed by atoms with van der Waals surface area (Å²) >= 11 is 0. The molecule has 0 bridgehead atoms. The van der Waals surface area contributed by atoms with E-state index in [9.17, 15) is 13.6 Å². The third-order valence-corrected chi connectivity index (χ3v) is 2.41. The molecule has 0 fully saturated rings. The van der Waals surface area contributed by atoms with Crippen LogP contribution in [0.1, 0.15) is 15.9 Å². The molecule has 0 aromatic heterocycles. The van der Waals surface area contributed by atoms with Gasteiger partial charge >= 0.3 is 0 Å². The van der Waals surface area contributed by atoms with Crippen molar-refractivity contribution >= 4 is 11.9 Å². The number of rotatable bonds is 3. The zero-order valence-electron chi connectivity index (χ0n) is 9.44. The van der Waals surface area contributed by atoms with E-state index < -0.39 is 5.82 Å². The molecule has 0 saturated heterocycles. The van der Waals surface area contributed by atoms with E-state index in [0.29, 0.717) is 5.56 Å². The maximum absolute atomic E-state index is 12.9. The zero-order valence-corrected chi connectivity index (χ0v) is 9.44. The Morgan fingerprint density at radius 2 is 1.67 bits per heavy atom. The first kappa shape index (κ1) is 12.2. The van der Waals surface area contributed by atoms with Crippen molar-refractivity contribution in [2.24, 2.45) is 0 Å². The van der Waals surface area contributed by atoms with E-state index in [-0.39, 0.29) is 17.2 Å². The molecule has 2 aromatic rings. The SMILES string of the molecule is O=C(C=Cc1ccc(F)cc1)c1cccc(F)c1. The van der Waals surface area contributed by atoms with E-state index in [0.717, 1.165) is 0 Å². The highest BCUT2D eigenvalue weighted by molar-refractivity contribution is 6.06. The van der Waals surface area contributed by atoms with Gasteiger partial charge in [0.25, 0.3) is 0 Å². The molecule has 0 amide bonds. The number of hydrogen-bond acceptors (Lipinski definition) is 1. The Bertz CT molecular complexity index is 586. The molecule has 0 unspecified atom stereocenters. The van der Waals surface area contributed by atoms with Gasteiger partial charge in [0.05, 0.1) is 0 Å². The normalized spacial score (nSPS) is 10.8. The minimum absolute atomic E-state index is 0.286. The van der Waals surface area contributed by atoms with Crippen LogP contribution in [0.3, 0.4) is 0 Å². The number of benzene rings is 2. The van der Waals surface area contributed by atoms with Crippen LogP contribution in [0.15, 0.2) is 54.6 Å². The summed E-state index contributed by atoms with van der Waals surface area (Å²) in [6, 6.07) is 11.2. The first-order valence-electron chi connectivity index (χ1n) is 5.39. The smallest absolute Gasteiger partial charge is 0.185 e. The van der Waals surface area contributed by atoms with Gasteiger partial charge in [0.15, 0.2) is 5.78 Å². The summed E-state index contributed by atoms with van der Waals surface area (Å²) in [7, 11) is 0. The molecule has 0 aliphatic heterocycles. The van der Waals surface area contributed by atoms with Gasteiger partial charge in [0.2, 0.25) is 0 Å². The van der Waals surface area contributed by atoms with E-state index in [4.69, 9.17) is 0 Å². The summed E-state index contributed by atoms with van der Waals surface area (Å²) in [6.07, 6.45) is 2.90. The number of carbonyl (C=O) groups excluding carboxylic acids is 1. The molecule has 0 heterocycles. The average Bonchev–Trinajstić information content (AvgIpc) is 2.38. The van der Waals surface area contributed by atoms with Gasteiger partial charge in [0.1, 0.15) is 11.6 Å². The van der Waals surface area contributed by atoms with Crippen LogP contribution in [-0.2, 0) is 0 Å². The van der Waals surface area contributed by atoms with Gasteiger partial charge in [-0.15, -0.1) is 0 Å². The van der Waals surface area contributed by atoms with Crippen molar-refractivity contribution in [2.75, 3.05) is 0 Å². The molecule has 3 heteroatoms. The molecule has 2 aromatic carbocycles. The van der Waals surface area contributed by atoms with Crippen molar-refractivity contribution in [3.05, 3.63) is 77.4 Å². The van der Waals surface area contributed by atoms with Gasteiger partial charge in [-0.1, -0.05) is 30.3 Å². The summed E-state index contributed by atoms with van der Waals surface area (Å²) in [5.41, 5.74) is 0.995. The lowest BCUT2D eigenvalue weighted by atomic mass is 10.1. The second kappa shape index (κ2) is 5.36. The lowest BCUT2D eigenvalue weighted by molar-refractivity contribution is 0.104. The van der Waals surface area contributed by atoms with Gasteiger partial charge in [0, 0.05) is 5.56 Å². The second-order valence-electron chi connectivity index (χ2n) is 3.76. The number of allylic oxidation sites excluding steroid dienone is 1. The lowest BCUT2D eigenvalue weighted by Gasteiger charge is -1.96. The van der Waals surface area contributed by atoms with E-state index in [2.05, 4.69) is 0 Å². The minimum atomic E-state index is -0.448. The predicted octanol–water partition coefficient (Wildman–Crippen LogP) is 3.86. The molecule has 0 N–H and O–H groups in total. The molecule has 2 rings (SSSR count). The van der Waals surface area contributed by atoms with Crippen molar-refractivity contribution in [1.29, 1.82) is 0 Å². The molecule has 90 valence electrons. The molecule has 0 radical (unpaired) electrons. The van der Waals surface area contributed by atoms with Gasteiger partial charge < -0.3 is 0 Å². The summed E-state index contributed by atoms with van der Waals surface area (Å²) in [5, 5.41) is 0. The second-order valence-corrected chi connectivity index (χ2v) is 3.76. The number of hydrogen-bond donors (Lipinski definition) is 0. The van der Waals surface area contributed by atoms with E-state index >= 15 is 0 Å². The Morgan fingerprint density at radius 1 is 0.944 bits per heavy atom. The standard InChI is InChI=1S/C15H10F2O/c16-13-7-4-11(5-8-13)6-9-15(18)12-2-1-3-14(17)10-12/h1-10H. The maximum atomic E-state index is 12.9. The van der Waals surface area contributed by atoms with E-state index in [1.54, 1.807) is 24.3 Å². The van der Waals surface area contributed by atoms with E-state index in [1.807, 2.05) is 0 Å². The van der Waals surface area contributed by atoms with Gasteiger partial charge in [-0.25, -0.2) is 8.78 Å². The highest BCUT2D eigenvalue weighted by atomic mass is 19.1. The third-order valence-electron chi connectivity index (χ3n) is 2.41. The monoisotopic (exact) mass is 244 g/mol. The Labute approximate surface area is 103 Å². The van der Waals surface area contributed by atoms with Crippen LogP contribution >= 0.6 is 0 Å². The zero-order chi connectivity index (χ0) is 13.0. The fourth-order valence-corrected chi connectivity index (χ4v) is 1.48. The van der Waals surface area contributed by atoms with Crippen molar-refractivity contribution in [1.82, 2.24) is 0 Å². The summed E-state index contributed by atoms with van der Waals surface area (Å²) in [5.74, 6) is -1.07. The molecule has 0 spiro atoms. The molecule has 18 heavy (non-hydrogen) atoms. The largest absolute Gasteiger partial charge is 0.289 e. The predicted molar refractivity (Wildman–Crippen MR) is 66.2 cm³/mol. The van der Waals surface area contributed by atoms with Crippen LogP contribution in [-0.4, -0.2) is 5.78 Å². The molecule has 0 atom stereocenters. The van der Waals surface area contributed by atoms with E-state index in [1.165, 1.54) is 36.4 Å². The topological polar surface area (TPSA) is 17.1 Å².